The Morgan fingerprint density at radius 2 is 1.86 bits per heavy atom. The van der Waals surface area contributed by atoms with Gasteiger partial charge in [-0.05, 0) is 48.7 Å². The number of carbonyl (C=O) groups is 2. The molecule has 1 atom stereocenters. The number of thioether (sulfide) groups is 1. The number of aromatic nitrogens is 2. The lowest BCUT2D eigenvalue weighted by atomic mass is 9.95. The molecule has 6 rings (SSSR count). The number of aliphatic hydroxyl groups is 1. The number of amides is 1. The van der Waals surface area contributed by atoms with Crippen molar-refractivity contribution in [2.75, 3.05) is 18.6 Å². The Labute approximate surface area is 262 Å². The van der Waals surface area contributed by atoms with Crippen LogP contribution < -0.4 is 14.4 Å². The third-order valence-electron chi connectivity index (χ3n) is 7.16. The van der Waals surface area contributed by atoms with Crippen LogP contribution in [0.1, 0.15) is 46.6 Å². The smallest absolute Gasteiger partial charge is 0.296 e. The molecule has 5 aromatic rings. The molecule has 1 N–H and O–H groups in total. The number of aliphatic hydroxyl groups excluding tert-OH is 1. The number of rotatable bonds is 11. The maximum Gasteiger partial charge on any atom is 0.296 e. The fraction of sp³-hybridized carbons (Fsp3) is 0.212. The number of fused-ring (bicyclic) bond motifs is 1. The zero-order valence-corrected chi connectivity index (χ0v) is 25.9. The number of ketones is 1. The number of para-hydroxylation sites is 1. The van der Waals surface area contributed by atoms with Crippen molar-refractivity contribution < 1.29 is 28.6 Å². The predicted molar refractivity (Wildman–Crippen MR) is 170 cm³/mol. The van der Waals surface area contributed by atoms with Gasteiger partial charge in [0.15, 0.2) is 27.2 Å². The zero-order valence-electron chi connectivity index (χ0n) is 24.3. The Bertz CT molecular complexity index is 1860. The largest absolute Gasteiger partial charge is 0.503 e. The number of hydrogen-bond acceptors (Lipinski definition) is 10. The molecule has 3 heterocycles. The highest BCUT2D eigenvalue weighted by atomic mass is 32.2. The van der Waals surface area contributed by atoms with Crippen LogP contribution in [0.5, 0.6) is 11.5 Å². The molecule has 1 aliphatic heterocycles. The number of hydrogen-bond donors (Lipinski definition) is 1. The molecule has 0 aliphatic carbocycles. The first-order valence-corrected chi connectivity index (χ1v) is 15.8. The van der Waals surface area contributed by atoms with E-state index in [0.717, 1.165) is 12.0 Å². The van der Waals surface area contributed by atoms with Gasteiger partial charge in [0.05, 0.1) is 25.3 Å². The summed E-state index contributed by atoms with van der Waals surface area (Å²) in [6.07, 6.45) is 0.853. The molecule has 0 fully saturated rings. The molecule has 0 spiro atoms. The molecular weight excluding hydrogens is 599 g/mol. The fourth-order valence-corrected chi connectivity index (χ4v) is 6.77. The van der Waals surface area contributed by atoms with Crippen molar-refractivity contribution in [2.24, 2.45) is 0 Å². The van der Waals surface area contributed by atoms with Gasteiger partial charge in [-0.25, -0.2) is 0 Å². The second-order valence-corrected chi connectivity index (χ2v) is 12.4. The van der Waals surface area contributed by atoms with Crippen LogP contribution in [0.25, 0.3) is 11.0 Å². The second kappa shape index (κ2) is 12.6. The Morgan fingerprint density at radius 3 is 2.59 bits per heavy atom. The Balaban J connectivity index is 1.36. The number of anilines is 1. The first kappa shape index (κ1) is 29.5. The summed E-state index contributed by atoms with van der Waals surface area (Å²) in [4.78, 5) is 29.0. The van der Waals surface area contributed by atoms with Gasteiger partial charge in [-0.2, -0.15) is 0 Å². The highest BCUT2D eigenvalue weighted by Crippen LogP contribution is 2.45. The highest BCUT2D eigenvalue weighted by molar-refractivity contribution is 8.00. The number of aryl methyl sites for hydroxylation is 1. The number of ether oxygens (including phenoxy) is 2. The van der Waals surface area contributed by atoms with Gasteiger partial charge in [0, 0.05) is 11.1 Å². The number of carbonyl (C=O) groups excluding carboxylic acids is 2. The zero-order chi connectivity index (χ0) is 30.8. The van der Waals surface area contributed by atoms with Crippen LogP contribution in [0.4, 0.5) is 5.13 Å². The molecule has 0 radical (unpaired) electrons. The van der Waals surface area contributed by atoms with Gasteiger partial charge in [-0.3, -0.25) is 14.5 Å². The lowest BCUT2D eigenvalue weighted by molar-refractivity contribution is -0.117. The average Bonchev–Trinajstić information content (AvgIpc) is 3.76. The summed E-state index contributed by atoms with van der Waals surface area (Å²) >= 11 is 2.72. The van der Waals surface area contributed by atoms with Gasteiger partial charge < -0.3 is 19.0 Å². The van der Waals surface area contributed by atoms with E-state index in [9.17, 15) is 14.7 Å². The first-order chi connectivity index (χ1) is 21.4. The van der Waals surface area contributed by atoms with Crippen molar-refractivity contribution >= 4 is 50.9 Å². The summed E-state index contributed by atoms with van der Waals surface area (Å²) in [5, 5.41) is 20.7. The molecule has 0 saturated carbocycles. The van der Waals surface area contributed by atoms with E-state index >= 15 is 0 Å². The topological polar surface area (TPSA) is 115 Å². The summed E-state index contributed by atoms with van der Waals surface area (Å²) in [6.45, 7) is 4.61. The minimum absolute atomic E-state index is 0.0276. The maximum absolute atomic E-state index is 14.0. The standard InChI is InChI=1S/C33H29N3O6S2/c1-4-16-41-23-14-12-21(13-15-23)27-26(28(37)25-17-22-6-5-7-24(40-3)30(22)42-25)29(38)31(39)36(27)32-34-35-33(44-32)43-18-20-10-8-19(2)9-11-20/h5-15,17,27,38H,4,16,18H2,1-3H3. The van der Waals surface area contributed by atoms with Crippen LogP contribution in [-0.2, 0) is 10.5 Å². The summed E-state index contributed by atoms with van der Waals surface area (Å²) in [7, 11) is 1.51. The molecule has 0 saturated heterocycles. The summed E-state index contributed by atoms with van der Waals surface area (Å²) in [5.41, 5.74) is 3.19. The molecular formula is C33H29N3O6S2. The van der Waals surface area contributed by atoms with Crippen LogP contribution in [0.15, 0.2) is 92.9 Å². The quantitative estimate of drug-likeness (QED) is 0.0905. The molecule has 3 aromatic carbocycles. The van der Waals surface area contributed by atoms with Gasteiger partial charge >= 0.3 is 0 Å². The molecule has 9 nitrogen and oxygen atoms in total. The van der Waals surface area contributed by atoms with Crippen LogP contribution in [0, 0.1) is 6.92 Å². The number of nitrogens with zero attached hydrogens (tertiary/aromatic N) is 3. The van der Waals surface area contributed by atoms with Gasteiger partial charge in [0.1, 0.15) is 5.75 Å². The number of methoxy groups -OCH3 is 1. The van der Waals surface area contributed by atoms with Crippen LogP contribution in [0.3, 0.4) is 0 Å². The summed E-state index contributed by atoms with van der Waals surface area (Å²) in [5.74, 6) is -0.261. The average molecular weight is 628 g/mol. The lowest BCUT2D eigenvalue weighted by Crippen LogP contribution is -2.31. The first-order valence-electron chi connectivity index (χ1n) is 14.0. The molecule has 1 unspecified atom stereocenters. The third-order valence-corrected chi connectivity index (χ3v) is 9.28. The monoisotopic (exact) mass is 627 g/mol. The molecule has 2 aromatic heterocycles. The molecule has 224 valence electrons. The van der Waals surface area contributed by atoms with Crippen molar-refractivity contribution in [3.63, 3.8) is 0 Å². The molecule has 1 amide bonds. The lowest BCUT2D eigenvalue weighted by Gasteiger charge is -2.24. The minimum atomic E-state index is -0.978. The summed E-state index contributed by atoms with van der Waals surface area (Å²) in [6, 6.07) is 21.3. The number of furan rings is 1. The van der Waals surface area contributed by atoms with Crippen molar-refractivity contribution in [1.29, 1.82) is 0 Å². The van der Waals surface area contributed by atoms with Gasteiger partial charge in [-0.15, -0.1) is 10.2 Å². The fourth-order valence-electron chi connectivity index (χ4n) is 4.95. The van der Waals surface area contributed by atoms with E-state index in [1.54, 1.807) is 48.5 Å². The highest BCUT2D eigenvalue weighted by Gasteiger charge is 2.47. The van der Waals surface area contributed by atoms with E-state index < -0.39 is 23.5 Å². The minimum Gasteiger partial charge on any atom is -0.503 e. The van der Waals surface area contributed by atoms with Gasteiger partial charge in [0.2, 0.25) is 10.9 Å². The molecule has 1 aliphatic rings. The molecule has 11 heteroatoms. The van der Waals surface area contributed by atoms with E-state index in [1.165, 1.54) is 40.7 Å². The van der Waals surface area contributed by atoms with Gasteiger partial charge in [0.25, 0.3) is 5.91 Å². The van der Waals surface area contributed by atoms with Crippen molar-refractivity contribution in [1.82, 2.24) is 10.2 Å². The van der Waals surface area contributed by atoms with E-state index in [4.69, 9.17) is 13.9 Å². The van der Waals surface area contributed by atoms with Gasteiger partial charge in [-0.1, -0.05) is 84.1 Å². The molecule has 44 heavy (non-hydrogen) atoms. The Kier molecular flexibility index (Phi) is 8.40. The van der Waals surface area contributed by atoms with E-state index in [2.05, 4.69) is 34.5 Å². The Hall–Kier alpha value is -4.61. The number of Topliss-reactive ketones (excluding diaryl/α,β-unsaturated/α-hetero) is 1. The van der Waals surface area contributed by atoms with Crippen molar-refractivity contribution in [2.45, 2.75) is 36.4 Å². The van der Waals surface area contributed by atoms with Crippen LogP contribution in [-0.4, -0.2) is 40.7 Å². The van der Waals surface area contributed by atoms with Crippen LogP contribution >= 0.6 is 23.1 Å². The summed E-state index contributed by atoms with van der Waals surface area (Å²) < 4.78 is 17.7. The van der Waals surface area contributed by atoms with E-state index in [0.29, 0.717) is 44.7 Å². The third kappa shape index (κ3) is 5.68. The predicted octanol–water partition coefficient (Wildman–Crippen LogP) is 7.47. The molecule has 0 bridgehead atoms. The van der Waals surface area contributed by atoms with Crippen molar-refractivity contribution in [3.8, 4) is 11.5 Å². The SMILES string of the molecule is CCCOc1ccc(C2C(C(=O)c3cc4cccc(OC)c4o3)=C(O)C(=O)N2c2nnc(SCc3ccc(C)cc3)s2)cc1. The normalized spacial score (nSPS) is 14.9. The van der Waals surface area contributed by atoms with Crippen LogP contribution in [0.2, 0.25) is 0 Å². The van der Waals surface area contributed by atoms with Crippen molar-refractivity contribution in [3.05, 3.63) is 107 Å². The number of benzene rings is 3. The second-order valence-electron chi connectivity index (χ2n) is 10.2. The Morgan fingerprint density at radius 1 is 1.09 bits per heavy atom. The van der Waals surface area contributed by atoms with E-state index in [1.807, 2.05) is 13.8 Å². The maximum atomic E-state index is 14.0. The van der Waals surface area contributed by atoms with E-state index in [-0.39, 0.29) is 16.5 Å².